The van der Waals surface area contributed by atoms with Crippen molar-refractivity contribution in [3.05, 3.63) is 87.5 Å². The monoisotopic (exact) mass is 1490 g/mol. The van der Waals surface area contributed by atoms with Crippen molar-refractivity contribution in [3.63, 3.8) is 0 Å². The largest absolute Gasteiger partial charge is 0.507 e. The van der Waals surface area contributed by atoms with Crippen LogP contribution in [0.2, 0.25) is 0 Å². The minimum Gasteiger partial charge on any atom is -0.507 e. The molecule has 34 nitrogen and oxygen atoms in total. The van der Waals surface area contributed by atoms with E-state index in [0.29, 0.717) is 25.7 Å². The molecule has 3 fully saturated rings. The number of ketones is 3. The first-order valence-corrected chi connectivity index (χ1v) is 35.4. The van der Waals surface area contributed by atoms with Gasteiger partial charge in [-0.3, -0.25) is 62.3 Å². The van der Waals surface area contributed by atoms with Crippen LogP contribution in [0.5, 0.6) is 17.2 Å². The zero-order valence-corrected chi connectivity index (χ0v) is 59.5. The van der Waals surface area contributed by atoms with Crippen LogP contribution in [0.3, 0.4) is 0 Å². The number of methoxy groups -OCH3 is 1. The number of carbonyl (C=O) groups excluding carboxylic acids is 13. The summed E-state index contributed by atoms with van der Waals surface area (Å²) in [5.74, 6) is -14.7. The van der Waals surface area contributed by atoms with Crippen LogP contribution < -0.4 is 47.7 Å². The molecule has 14 atom stereocenters. The van der Waals surface area contributed by atoms with Gasteiger partial charge in [-0.05, 0) is 69.4 Å². The molecule has 106 heavy (non-hydrogen) atoms. The molecule has 2 heterocycles. The van der Waals surface area contributed by atoms with Crippen molar-refractivity contribution in [2.75, 3.05) is 33.5 Å². The quantitative estimate of drug-likeness (QED) is 0.0178. The lowest BCUT2D eigenvalue weighted by atomic mass is 9.72. The molecule has 0 bridgehead atoms. The van der Waals surface area contributed by atoms with Gasteiger partial charge in [0.05, 0.1) is 61.4 Å². The number of nitrogens with one attached hydrogen (secondary N) is 7. The Morgan fingerprint density at radius 1 is 0.708 bits per heavy atom. The fourth-order valence-corrected chi connectivity index (χ4v) is 14.1. The van der Waals surface area contributed by atoms with E-state index in [4.69, 9.17) is 24.7 Å². The van der Waals surface area contributed by atoms with Crippen LogP contribution in [0.15, 0.2) is 48.5 Å². The topological polar surface area (TPSA) is 534 Å². The summed E-state index contributed by atoms with van der Waals surface area (Å²) >= 11 is 0. The Kier molecular flexibility index (Phi) is 28.4. The number of hydrogen-bond donors (Lipinski definition) is 16. The van der Waals surface area contributed by atoms with E-state index in [2.05, 4.69) is 37.2 Å². The number of rotatable bonds is 33. The normalized spacial score (nSPS) is 23.0. The summed E-state index contributed by atoms with van der Waals surface area (Å²) in [4.78, 5) is 179. The van der Waals surface area contributed by atoms with Gasteiger partial charge in [0, 0.05) is 68.2 Å². The Bertz CT molecular complexity index is 3790. The van der Waals surface area contributed by atoms with Gasteiger partial charge in [-0.1, -0.05) is 75.6 Å². The number of nitrogens with zero attached hydrogens (tertiary/aromatic N) is 1. The molecule has 0 aromatic heterocycles. The van der Waals surface area contributed by atoms with Gasteiger partial charge in [0.25, 0.3) is 0 Å². The van der Waals surface area contributed by atoms with Crippen LogP contribution in [-0.2, 0) is 80.0 Å². The molecule has 0 radical (unpaired) electrons. The third kappa shape index (κ3) is 19.7. The number of esters is 1. The maximum atomic E-state index is 14.5. The number of primary amides is 1. The number of ether oxygens (including phenoxy) is 4. The molecule has 5 aliphatic rings. The number of amides is 9. The summed E-state index contributed by atoms with van der Waals surface area (Å²) in [6, 6.07) is 0.912. The Hall–Kier alpha value is -9.55. The molecule has 2 aliphatic heterocycles. The molecule has 2 saturated heterocycles. The minimum atomic E-state index is -2.51. The van der Waals surface area contributed by atoms with E-state index in [1.165, 1.54) is 39.2 Å². The molecule has 0 spiro atoms. The number of aliphatic hydroxyl groups is 6. The van der Waals surface area contributed by atoms with E-state index >= 15 is 0 Å². The number of phenolic OH excluding ortho intramolecular Hbond substituents is 2. The van der Waals surface area contributed by atoms with Crippen molar-refractivity contribution in [3.8, 4) is 17.2 Å². The third-order valence-electron chi connectivity index (χ3n) is 19.7. The lowest BCUT2D eigenvalue weighted by Gasteiger charge is -2.43. The highest BCUT2D eigenvalue weighted by Gasteiger charge is 2.51. The summed E-state index contributed by atoms with van der Waals surface area (Å²) in [5, 5.41) is 106. The second-order valence-corrected chi connectivity index (χ2v) is 27.9. The first-order valence-electron chi connectivity index (χ1n) is 35.4. The van der Waals surface area contributed by atoms with Crippen LogP contribution in [0.25, 0.3) is 0 Å². The van der Waals surface area contributed by atoms with Gasteiger partial charge in [0.15, 0.2) is 17.9 Å². The summed E-state index contributed by atoms with van der Waals surface area (Å²) in [6.07, 6.45) is -7.65. The number of nitrogens with two attached hydrogens (primary N) is 1. The maximum absolute atomic E-state index is 14.5. The Morgan fingerprint density at radius 3 is 1.98 bits per heavy atom. The third-order valence-corrected chi connectivity index (χ3v) is 19.7. The number of Topliss-reactive ketones (excluding diaryl/α,β-unsaturated/α-hetero) is 1. The van der Waals surface area contributed by atoms with Gasteiger partial charge in [-0.25, -0.2) is 0 Å². The second kappa shape index (κ2) is 36.6. The maximum Gasteiger partial charge on any atom is 0.306 e. The number of benzene rings is 3. The zero-order chi connectivity index (χ0) is 77.6. The van der Waals surface area contributed by atoms with Crippen molar-refractivity contribution >= 4 is 76.5 Å². The number of likely N-dealkylation sites (tertiary alicyclic amines) is 1. The predicted molar refractivity (Wildman–Crippen MR) is 368 cm³/mol. The number of aromatic hydroxyl groups is 2. The van der Waals surface area contributed by atoms with Crippen molar-refractivity contribution in [1.29, 1.82) is 0 Å². The van der Waals surface area contributed by atoms with Crippen molar-refractivity contribution < 1.29 is 122 Å². The molecular formula is C72H95N9O25. The summed E-state index contributed by atoms with van der Waals surface area (Å²) in [7, 11) is 1.25. The predicted octanol–water partition coefficient (Wildman–Crippen LogP) is -2.16. The molecule has 4 unspecified atom stereocenters. The number of carbonyl (C=O) groups is 13. The molecule has 34 heteroatoms. The van der Waals surface area contributed by atoms with E-state index in [9.17, 15) is 103 Å². The molecule has 8 rings (SSSR count). The summed E-state index contributed by atoms with van der Waals surface area (Å²) in [6.45, 7) is 2.56. The highest BCUT2D eigenvalue weighted by Crippen LogP contribution is 2.53. The standard InChI is InChI=1S/C72H95N9O25/c1-34(2)24-44(67(97)76-43-26-54(105-36(4)60(43)90)106-49-28-72(102,50(86)32-84)27-41-56(49)64(94)58-57(62(41)92)61(91)40-18-12-19-48(103-5)55(40)63(58)93)77-68(98)45(30-82)79-66(96)42(22-23-51(73)87)75-71(101)59(38-16-10-7-11-17-38)80-69(99)46(31-83)78-65(95)35(3)74-70(100)47-25-39(85)29-81(47)52(88)20-13-21-53(89)104-33-37-14-8-6-9-15-37/h6,8-9,12,14-15,18-19,34-36,38-39,42-47,49,54,59-60,82-85,90,92,94,102H,7,10-11,13,16-17,20-33H2,1-5H3,(H2,73,87)(H,74,100)(H,75,101)(H,76,97)(H,77,98)(H,78,95)(H,79,96)(H,80,99)/t35-,36?,39+,42-,43?,44-,45-,46-,47-,49-,54?,59-,60?,72-/m0/s1. The Labute approximate surface area is 609 Å². The molecular weight excluding hydrogens is 1390 g/mol. The van der Waals surface area contributed by atoms with Gasteiger partial charge in [-0.2, -0.15) is 0 Å². The van der Waals surface area contributed by atoms with Crippen LogP contribution in [0.4, 0.5) is 0 Å². The van der Waals surface area contributed by atoms with Gasteiger partial charge < -0.3 is 108 Å². The van der Waals surface area contributed by atoms with Crippen LogP contribution in [0, 0.1) is 11.8 Å². The molecule has 3 aliphatic carbocycles. The first kappa shape index (κ1) is 82.1. The highest BCUT2D eigenvalue weighted by molar-refractivity contribution is 6.31. The molecule has 3 aromatic carbocycles. The van der Waals surface area contributed by atoms with E-state index < -0.39 is 242 Å². The fraction of sp³-hybridized carbons (Fsp3) is 0.569. The van der Waals surface area contributed by atoms with Crippen molar-refractivity contribution in [2.45, 2.75) is 215 Å². The van der Waals surface area contributed by atoms with E-state index in [1.807, 2.05) is 6.07 Å². The lowest BCUT2D eigenvalue weighted by molar-refractivity contribution is -0.249. The van der Waals surface area contributed by atoms with E-state index in [1.54, 1.807) is 38.1 Å². The number of aliphatic hydroxyl groups excluding tert-OH is 5. The van der Waals surface area contributed by atoms with Gasteiger partial charge >= 0.3 is 5.97 Å². The molecule has 17 N–H and O–H groups in total. The Morgan fingerprint density at radius 2 is 1.34 bits per heavy atom. The van der Waals surface area contributed by atoms with Gasteiger partial charge in [0.1, 0.15) is 84.5 Å². The number of β-amino-alcohol motifs (C(OH)–C–C–N with tert-alkyl or cyclic N) is 1. The smallest absolute Gasteiger partial charge is 0.306 e. The Balaban J connectivity index is 0.902. The summed E-state index contributed by atoms with van der Waals surface area (Å²) < 4.78 is 23.0. The fourth-order valence-electron chi connectivity index (χ4n) is 14.1. The van der Waals surface area contributed by atoms with Crippen LogP contribution in [-0.4, -0.2) is 234 Å². The zero-order valence-electron chi connectivity index (χ0n) is 59.5. The van der Waals surface area contributed by atoms with Crippen molar-refractivity contribution in [1.82, 2.24) is 42.1 Å². The van der Waals surface area contributed by atoms with Crippen LogP contribution >= 0.6 is 0 Å². The van der Waals surface area contributed by atoms with E-state index in [-0.39, 0.29) is 79.2 Å². The van der Waals surface area contributed by atoms with Gasteiger partial charge in [0.2, 0.25) is 58.9 Å². The first-order chi connectivity index (χ1) is 50.3. The molecule has 1 saturated carbocycles. The average Bonchev–Trinajstić information content (AvgIpc) is 0.772. The highest BCUT2D eigenvalue weighted by atomic mass is 16.7. The number of hydrogen-bond acceptors (Lipinski definition) is 25. The molecule has 578 valence electrons. The van der Waals surface area contributed by atoms with Gasteiger partial charge in [-0.15, -0.1) is 0 Å². The number of phenols is 2. The minimum absolute atomic E-state index is 0.0271. The lowest BCUT2D eigenvalue weighted by Crippen LogP contribution is -2.62. The van der Waals surface area contributed by atoms with Crippen molar-refractivity contribution in [2.24, 2.45) is 17.6 Å². The second-order valence-electron chi connectivity index (χ2n) is 27.9. The molecule has 3 aromatic rings. The summed E-state index contributed by atoms with van der Waals surface area (Å²) in [5.41, 5.74) is 1.36. The van der Waals surface area contributed by atoms with Crippen LogP contribution in [0.1, 0.15) is 172 Å². The average molecular weight is 1490 g/mol. The SMILES string of the molecule is COc1cccc2c1C(=O)c1c(O)c3c(c(O)c1C2=O)C[C@@](O)(C(=O)CO)C[C@@H]3OC1CC(NC(=O)[C@H](CC(C)C)NC(=O)[C@H](CO)NC(=O)[C@H](CCC(N)=O)NC(=O)[C@@H](NC(=O)[C@H](CO)NC(=O)[C@H](C)NC(=O)[C@@H]2C[C@@H](O)CN2C(=O)CCCC(=O)OCc2ccccc2)C2CCCCC2)C(O)C(C)O1. The van der Waals surface area contributed by atoms with E-state index in [0.717, 1.165) is 16.9 Å². The molecule has 9 amide bonds. The number of fused-ring (bicyclic) bond motifs is 3.